The second-order valence-corrected chi connectivity index (χ2v) is 12.5. The molecule has 3 aromatic rings. The summed E-state index contributed by atoms with van der Waals surface area (Å²) in [5.74, 6) is -0.276. The van der Waals surface area contributed by atoms with Crippen molar-refractivity contribution in [3.63, 3.8) is 0 Å². The second-order valence-electron chi connectivity index (χ2n) is 10.4. The first-order valence-corrected chi connectivity index (χ1v) is 16.2. The van der Waals surface area contributed by atoms with Gasteiger partial charge in [0.15, 0.2) is 5.13 Å². The number of rotatable bonds is 12. The Morgan fingerprint density at radius 1 is 1.02 bits per heavy atom. The first-order chi connectivity index (χ1) is 20.9. The Morgan fingerprint density at radius 2 is 1.79 bits per heavy atom. The minimum atomic E-state index is -0.740. The summed E-state index contributed by atoms with van der Waals surface area (Å²) in [6.45, 7) is 0.0983. The van der Waals surface area contributed by atoms with Crippen LogP contribution in [-0.2, 0) is 25.7 Å². The number of carbonyl (C=O) groups is 4. The summed E-state index contributed by atoms with van der Waals surface area (Å²) in [5.41, 5.74) is 2.95. The van der Waals surface area contributed by atoms with Crippen LogP contribution in [-0.4, -0.2) is 64.1 Å². The van der Waals surface area contributed by atoms with Gasteiger partial charge >= 0.3 is 12.1 Å². The Kier molecular flexibility index (Phi) is 10.3. The molecular formula is C31H34N4O6S2. The van der Waals surface area contributed by atoms with Gasteiger partial charge in [0.05, 0.1) is 18.2 Å². The molecule has 1 aliphatic heterocycles. The van der Waals surface area contributed by atoms with E-state index in [1.807, 2.05) is 47.8 Å². The highest BCUT2D eigenvalue weighted by Crippen LogP contribution is 2.35. The van der Waals surface area contributed by atoms with Crippen molar-refractivity contribution in [1.82, 2.24) is 15.2 Å². The lowest BCUT2D eigenvalue weighted by molar-refractivity contribution is -0.140. The lowest BCUT2D eigenvalue weighted by Gasteiger charge is -2.28. The van der Waals surface area contributed by atoms with Crippen LogP contribution in [0.15, 0.2) is 60.0 Å². The molecule has 1 saturated carbocycles. The van der Waals surface area contributed by atoms with Gasteiger partial charge in [-0.15, -0.1) is 23.1 Å². The number of esters is 1. The number of hydrogen-bond acceptors (Lipinski definition) is 9. The molecule has 1 saturated heterocycles. The standard InChI is InChI=1S/C31H34N4O6S2/c1-40-27(36)10-6-5-9-26-35(31(39)41-17-20-7-3-2-4-8-20)25(19-42-26)29(38)34-30-33-24(18-43-30)21-11-13-22(14-12-21)28(37)32-23-15-16-23/h2-4,7-8,11-14,18,23,25-26H,5-6,9-10,15-17,19H2,1H3,(H,32,37)(H,33,34,38)/t25-,26?/m0/s1. The van der Waals surface area contributed by atoms with E-state index < -0.39 is 12.1 Å². The highest BCUT2D eigenvalue weighted by molar-refractivity contribution is 8.00. The Bertz CT molecular complexity index is 1430. The molecule has 0 bridgehead atoms. The van der Waals surface area contributed by atoms with Crippen LogP contribution in [0, 0.1) is 0 Å². The average molecular weight is 623 g/mol. The number of nitrogens with zero attached hydrogens (tertiary/aromatic N) is 2. The number of amides is 3. The van der Waals surface area contributed by atoms with Gasteiger partial charge in [-0.3, -0.25) is 19.3 Å². The van der Waals surface area contributed by atoms with Crippen LogP contribution < -0.4 is 10.6 Å². The fourth-order valence-electron chi connectivity index (χ4n) is 4.66. The quantitative estimate of drug-likeness (QED) is 0.202. The van der Waals surface area contributed by atoms with Crippen molar-refractivity contribution in [3.05, 3.63) is 71.1 Å². The van der Waals surface area contributed by atoms with Crippen LogP contribution in [0.2, 0.25) is 0 Å². The predicted molar refractivity (Wildman–Crippen MR) is 166 cm³/mol. The number of aromatic nitrogens is 1. The minimum Gasteiger partial charge on any atom is -0.469 e. The van der Waals surface area contributed by atoms with Crippen LogP contribution in [0.3, 0.4) is 0 Å². The zero-order valence-corrected chi connectivity index (χ0v) is 25.5. The number of thioether (sulfide) groups is 1. The lowest BCUT2D eigenvalue weighted by Crippen LogP contribution is -2.47. The van der Waals surface area contributed by atoms with Crippen LogP contribution in [0.4, 0.5) is 9.93 Å². The van der Waals surface area contributed by atoms with Crippen molar-refractivity contribution < 1.29 is 28.7 Å². The van der Waals surface area contributed by atoms with Crippen molar-refractivity contribution in [2.24, 2.45) is 0 Å². The molecule has 2 atom stereocenters. The molecule has 2 heterocycles. The Hall–Kier alpha value is -3.90. The molecule has 2 fully saturated rings. The maximum Gasteiger partial charge on any atom is 0.411 e. The highest BCUT2D eigenvalue weighted by atomic mass is 32.2. The van der Waals surface area contributed by atoms with Gasteiger partial charge in [0.25, 0.3) is 5.91 Å². The van der Waals surface area contributed by atoms with Crippen molar-refractivity contribution in [3.8, 4) is 11.3 Å². The van der Waals surface area contributed by atoms with Crippen LogP contribution in [0.25, 0.3) is 11.3 Å². The Labute approximate surface area is 258 Å². The normalized spacial score (nSPS) is 17.7. The monoisotopic (exact) mass is 622 g/mol. The number of nitrogens with one attached hydrogen (secondary N) is 2. The van der Waals surface area contributed by atoms with E-state index in [1.54, 1.807) is 12.1 Å². The van der Waals surface area contributed by atoms with Crippen molar-refractivity contribution in [2.75, 3.05) is 18.2 Å². The molecule has 43 heavy (non-hydrogen) atoms. The number of methoxy groups -OCH3 is 1. The predicted octanol–water partition coefficient (Wildman–Crippen LogP) is 5.45. The summed E-state index contributed by atoms with van der Waals surface area (Å²) in [7, 11) is 1.36. The maximum absolute atomic E-state index is 13.5. The van der Waals surface area contributed by atoms with Gasteiger partial charge in [0.2, 0.25) is 5.91 Å². The molecule has 12 heteroatoms. The van der Waals surface area contributed by atoms with E-state index in [1.165, 1.54) is 35.1 Å². The van der Waals surface area contributed by atoms with E-state index in [0.29, 0.717) is 53.9 Å². The SMILES string of the molecule is COC(=O)CCCCC1SC[C@@H](C(=O)Nc2nc(-c3ccc(C(=O)NC4CC4)cc3)cs2)N1C(=O)OCc1ccccc1. The zero-order valence-electron chi connectivity index (χ0n) is 23.8. The van der Waals surface area contributed by atoms with E-state index in [-0.39, 0.29) is 29.8 Å². The molecule has 1 aromatic heterocycles. The van der Waals surface area contributed by atoms with Crippen molar-refractivity contribution in [1.29, 1.82) is 0 Å². The van der Waals surface area contributed by atoms with Gasteiger partial charge in [0, 0.05) is 34.7 Å². The fourth-order valence-corrected chi connectivity index (χ4v) is 6.82. The van der Waals surface area contributed by atoms with Crippen LogP contribution in [0.1, 0.15) is 54.4 Å². The Balaban J connectivity index is 1.22. The van der Waals surface area contributed by atoms with Gasteiger partial charge in [-0.05, 0) is 49.8 Å². The van der Waals surface area contributed by atoms with Crippen molar-refractivity contribution >= 4 is 52.1 Å². The molecule has 226 valence electrons. The average Bonchev–Trinajstić information content (AvgIpc) is 3.54. The topological polar surface area (TPSA) is 127 Å². The van der Waals surface area contributed by atoms with E-state index in [0.717, 1.165) is 24.0 Å². The lowest BCUT2D eigenvalue weighted by atomic mass is 10.1. The van der Waals surface area contributed by atoms with Crippen LogP contribution in [0.5, 0.6) is 0 Å². The number of anilines is 1. The summed E-state index contributed by atoms with van der Waals surface area (Å²) in [5, 5.41) is 7.85. The largest absolute Gasteiger partial charge is 0.469 e. The number of unbranched alkanes of at least 4 members (excludes halogenated alkanes) is 1. The van der Waals surface area contributed by atoms with Crippen LogP contribution >= 0.6 is 23.1 Å². The first kappa shape index (κ1) is 30.6. The third-order valence-corrected chi connectivity index (χ3v) is 9.32. The second kappa shape index (κ2) is 14.5. The molecule has 2 aliphatic rings. The molecule has 5 rings (SSSR count). The van der Waals surface area contributed by atoms with Gasteiger partial charge in [-0.25, -0.2) is 9.78 Å². The fraction of sp³-hybridized carbons (Fsp3) is 0.387. The molecule has 1 aliphatic carbocycles. The number of hydrogen-bond donors (Lipinski definition) is 2. The molecule has 0 radical (unpaired) electrons. The number of benzene rings is 2. The van der Waals surface area contributed by atoms with E-state index in [2.05, 4.69) is 15.6 Å². The van der Waals surface area contributed by atoms with Gasteiger partial charge in [-0.2, -0.15) is 0 Å². The van der Waals surface area contributed by atoms with E-state index >= 15 is 0 Å². The highest BCUT2D eigenvalue weighted by Gasteiger charge is 2.42. The maximum atomic E-state index is 13.5. The van der Waals surface area contributed by atoms with Gasteiger partial charge in [0.1, 0.15) is 12.6 Å². The molecular weight excluding hydrogens is 588 g/mol. The summed E-state index contributed by atoms with van der Waals surface area (Å²) < 4.78 is 10.3. The first-order valence-electron chi connectivity index (χ1n) is 14.3. The Morgan fingerprint density at radius 3 is 2.51 bits per heavy atom. The van der Waals surface area contributed by atoms with Gasteiger partial charge < -0.3 is 20.1 Å². The molecule has 2 aromatic carbocycles. The number of ether oxygens (including phenoxy) is 2. The summed E-state index contributed by atoms with van der Waals surface area (Å²) >= 11 is 2.81. The smallest absolute Gasteiger partial charge is 0.411 e. The summed E-state index contributed by atoms with van der Waals surface area (Å²) in [6, 6.07) is 16.1. The number of carbonyl (C=O) groups excluding carboxylic acids is 4. The molecule has 0 spiro atoms. The molecule has 10 nitrogen and oxygen atoms in total. The molecule has 3 amide bonds. The minimum absolute atomic E-state index is 0.0802. The summed E-state index contributed by atoms with van der Waals surface area (Å²) in [6.07, 6.45) is 3.74. The molecule has 2 N–H and O–H groups in total. The summed E-state index contributed by atoms with van der Waals surface area (Å²) in [4.78, 5) is 56.6. The third kappa shape index (κ3) is 8.35. The van der Waals surface area contributed by atoms with Crippen molar-refractivity contribution in [2.45, 2.75) is 62.6 Å². The van der Waals surface area contributed by atoms with E-state index in [9.17, 15) is 19.2 Å². The zero-order chi connectivity index (χ0) is 30.2. The number of thiazole rings is 1. The third-order valence-electron chi connectivity index (χ3n) is 7.21. The van der Waals surface area contributed by atoms with E-state index in [4.69, 9.17) is 9.47 Å². The molecule has 1 unspecified atom stereocenters. The van der Waals surface area contributed by atoms with Gasteiger partial charge in [-0.1, -0.05) is 42.5 Å².